The van der Waals surface area contributed by atoms with Crippen LogP contribution in [0, 0.1) is 10.1 Å². The fraction of sp³-hybridized carbons (Fsp3) is 0.143. The third-order valence-electron chi connectivity index (χ3n) is 2.83. The molecule has 0 radical (unpaired) electrons. The fourth-order valence-corrected chi connectivity index (χ4v) is 2.11. The molecule has 104 valence electrons. The smallest absolute Gasteiger partial charge is 0.293 e. The Hall–Kier alpha value is -1.92. The predicted octanol–water partition coefficient (Wildman–Crippen LogP) is 4.15. The number of hydrogen-bond acceptors (Lipinski definition) is 4. The lowest BCUT2D eigenvalue weighted by Gasteiger charge is -2.09. The highest BCUT2D eigenvalue weighted by Gasteiger charge is 2.14. The number of aliphatic hydroxyl groups is 1. The van der Waals surface area contributed by atoms with Gasteiger partial charge in [0.15, 0.2) is 0 Å². The van der Waals surface area contributed by atoms with Gasteiger partial charge in [-0.25, -0.2) is 0 Å². The van der Waals surface area contributed by atoms with E-state index in [0.29, 0.717) is 10.2 Å². The Morgan fingerprint density at radius 1 is 1.25 bits per heavy atom. The zero-order valence-electron chi connectivity index (χ0n) is 10.7. The minimum Gasteiger partial charge on any atom is -0.389 e. The number of halogens is 1. The highest BCUT2D eigenvalue weighted by atomic mass is 79.9. The first-order valence-electron chi connectivity index (χ1n) is 5.96. The third kappa shape index (κ3) is 3.34. The molecule has 0 saturated carbocycles. The number of nitro benzene ring substituents is 1. The van der Waals surface area contributed by atoms with Crippen LogP contribution in [-0.2, 0) is 0 Å². The normalized spacial score (nSPS) is 11.9. The molecule has 1 atom stereocenters. The molecule has 0 bridgehead atoms. The molecule has 0 fully saturated rings. The van der Waals surface area contributed by atoms with Crippen molar-refractivity contribution in [2.24, 2.45) is 0 Å². The molecule has 2 aromatic rings. The molecule has 1 unspecified atom stereocenters. The van der Waals surface area contributed by atoms with Crippen LogP contribution >= 0.6 is 15.9 Å². The van der Waals surface area contributed by atoms with E-state index < -0.39 is 11.0 Å². The van der Waals surface area contributed by atoms with Crippen molar-refractivity contribution in [1.29, 1.82) is 0 Å². The molecule has 0 heterocycles. The van der Waals surface area contributed by atoms with Gasteiger partial charge in [0.05, 0.1) is 11.0 Å². The Kier molecular flexibility index (Phi) is 4.36. The molecule has 0 aliphatic heterocycles. The molecule has 2 N–H and O–H groups in total. The summed E-state index contributed by atoms with van der Waals surface area (Å²) in [5.74, 6) is 0. The van der Waals surface area contributed by atoms with Gasteiger partial charge in [0, 0.05) is 16.2 Å². The topological polar surface area (TPSA) is 75.4 Å². The van der Waals surface area contributed by atoms with Gasteiger partial charge in [-0.3, -0.25) is 10.1 Å². The molecule has 5 nitrogen and oxygen atoms in total. The molecule has 6 heteroatoms. The van der Waals surface area contributed by atoms with Crippen molar-refractivity contribution in [2.45, 2.75) is 13.0 Å². The summed E-state index contributed by atoms with van der Waals surface area (Å²) >= 11 is 3.22. The number of rotatable bonds is 4. The number of hydrogen-bond donors (Lipinski definition) is 2. The number of nitro groups is 1. The van der Waals surface area contributed by atoms with E-state index in [4.69, 9.17) is 0 Å². The van der Waals surface area contributed by atoms with Crippen molar-refractivity contribution in [1.82, 2.24) is 0 Å². The highest BCUT2D eigenvalue weighted by Crippen LogP contribution is 2.30. The maximum atomic E-state index is 11.0. The van der Waals surface area contributed by atoms with Gasteiger partial charge in [-0.05, 0) is 36.8 Å². The van der Waals surface area contributed by atoms with E-state index in [1.807, 2.05) is 0 Å². The standard InChI is InChI=1S/C14H13BrN2O3/c1-9(18)10-2-5-12(6-3-10)16-13-7-4-11(15)8-14(13)17(19)20/h2-9,16,18H,1H3. The van der Waals surface area contributed by atoms with Crippen LogP contribution in [0.4, 0.5) is 17.1 Å². The zero-order valence-corrected chi connectivity index (χ0v) is 12.3. The van der Waals surface area contributed by atoms with E-state index in [-0.39, 0.29) is 5.69 Å². The van der Waals surface area contributed by atoms with Crippen molar-refractivity contribution in [3.63, 3.8) is 0 Å². The summed E-state index contributed by atoms with van der Waals surface area (Å²) in [6, 6.07) is 11.9. The van der Waals surface area contributed by atoms with E-state index in [2.05, 4.69) is 21.2 Å². The summed E-state index contributed by atoms with van der Waals surface area (Å²) in [6.07, 6.45) is -0.536. The van der Waals surface area contributed by atoms with Crippen LogP contribution in [0.5, 0.6) is 0 Å². The van der Waals surface area contributed by atoms with Crippen LogP contribution in [-0.4, -0.2) is 10.0 Å². The molecule has 0 aliphatic rings. The lowest BCUT2D eigenvalue weighted by atomic mass is 10.1. The molecule has 0 aromatic heterocycles. The largest absolute Gasteiger partial charge is 0.389 e. The Balaban J connectivity index is 2.28. The van der Waals surface area contributed by atoms with Gasteiger partial charge in [0.25, 0.3) is 5.69 Å². The minimum absolute atomic E-state index is 0.000947. The van der Waals surface area contributed by atoms with Crippen molar-refractivity contribution >= 4 is 33.0 Å². The Morgan fingerprint density at radius 2 is 1.90 bits per heavy atom. The first-order chi connectivity index (χ1) is 9.47. The molecular weight excluding hydrogens is 324 g/mol. The van der Waals surface area contributed by atoms with Gasteiger partial charge in [-0.2, -0.15) is 0 Å². The van der Waals surface area contributed by atoms with Gasteiger partial charge in [-0.15, -0.1) is 0 Å². The van der Waals surface area contributed by atoms with Crippen LogP contribution in [0.15, 0.2) is 46.9 Å². The second-order valence-corrected chi connectivity index (χ2v) is 5.26. The predicted molar refractivity (Wildman–Crippen MR) is 81.2 cm³/mol. The summed E-state index contributed by atoms with van der Waals surface area (Å²) < 4.78 is 0.652. The maximum absolute atomic E-state index is 11.0. The Bertz CT molecular complexity index is 627. The van der Waals surface area contributed by atoms with E-state index in [1.165, 1.54) is 6.07 Å². The molecule has 0 spiro atoms. The maximum Gasteiger partial charge on any atom is 0.293 e. The van der Waals surface area contributed by atoms with Gasteiger partial charge in [-0.1, -0.05) is 28.1 Å². The van der Waals surface area contributed by atoms with E-state index in [0.717, 1.165) is 11.3 Å². The number of benzene rings is 2. The zero-order chi connectivity index (χ0) is 14.7. The molecule has 0 aliphatic carbocycles. The second-order valence-electron chi connectivity index (χ2n) is 4.34. The summed E-state index contributed by atoms with van der Waals surface area (Å²) in [6.45, 7) is 1.68. The van der Waals surface area contributed by atoms with Crippen molar-refractivity contribution in [3.05, 3.63) is 62.6 Å². The summed E-state index contributed by atoms with van der Waals surface area (Å²) in [5.41, 5.74) is 1.93. The number of anilines is 2. The highest BCUT2D eigenvalue weighted by molar-refractivity contribution is 9.10. The Labute approximate surface area is 124 Å². The number of aliphatic hydroxyl groups excluding tert-OH is 1. The SMILES string of the molecule is CC(O)c1ccc(Nc2ccc(Br)cc2[N+](=O)[O-])cc1. The fourth-order valence-electron chi connectivity index (χ4n) is 1.76. The van der Waals surface area contributed by atoms with Crippen LogP contribution in [0.3, 0.4) is 0 Å². The van der Waals surface area contributed by atoms with Gasteiger partial charge in [0.1, 0.15) is 5.69 Å². The second kappa shape index (κ2) is 6.02. The monoisotopic (exact) mass is 336 g/mol. The number of nitrogens with one attached hydrogen (secondary N) is 1. The van der Waals surface area contributed by atoms with E-state index in [9.17, 15) is 15.2 Å². The summed E-state index contributed by atoms with van der Waals surface area (Å²) in [4.78, 5) is 10.6. The van der Waals surface area contributed by atoms with E-state index in [1.54, 1.807) is 43.3 Å². The minimum atomic E-state index is -0.536. The van der Waals surface area contributed by atoms with Crippen molar-refractivity contribution in [3.8, 4) is 0 Å². The first kappa shape index (κ1) is 14.5. The molecule has 20 heavy (non-hydrogen) atoms. The molecule has 2 rings (SSSR count). The third-order valence-corrected chi connectivity index (χ3v) is 3.32. The first-order valence-corrected chi connectivity index (χ1v) is 6.75. The molecule has 0 saturated heterocycles. The van der Waals surface area contributed by atoms with Crippen LogP contribution < -0.4 is 5.32 Å². The number of nitrogens with zero attached hydrogens (tertiary/aromatic N) is 1. The van der Waals surface area contributed by atoms with Crippen LogP contribution in [0.1, 0.15) is 18.6 Å². The van der Waals surface area contributed by atoms with Gasteiger partial charge >= 0.3 is 0 Å². The van der Waals surface area contributed by atoms with Crippen LogP contribution in [0.25, 0.3) is 0 Å². The quantitative estimate of drug-likeness (QED) is 0.649. The van der Waals surface area contributed by atoms with Crippen molar-refractivity contribution in [2.75, 3.05) is 5.32 Å². The summed E-state index contributed by atoms with van der Waals surface area (Å²) in [7, 11) is 0. The van der Waals surface area contributed by atoms with E-state index >= 15 is 0 Å². The Morgan fingerprint density at radius 3 is 2.45 bits per heavy atom. The molecule has 0 amide bonds. The average molecular weight is 337 g/mol. The van der Waals surface area contributed by atoms with Gasteiger partial charge < -0.3 is 10.4 Å². The van der Waals surface area contributed by atoms with Gasteiger partial charge in [0.2, 0.25) is 0 Å². The lowest BCUT2D eigenvalue weighted by Crippen LogP contribution is -1.97. The average Bonchev–Trinajstić information content (AvgIpc) is 2.41. The van der Waals surface area contributed by atoms with Crippen molar-refractivity contribution < 1.29 is 10.0 Å². The molecular formula is C14H13BrN2O3. The lowest BCUT2D eigenvalue weighted by molar-refractivity contribution is -0.384. The van der Waals surface area contributed by atoms with Crippen LogP contribution in [0.2, 0.25) is 0 Å². The summed E-state index contributed by atoms with van der Waals surface area (Å²) in [5, 5.41) is 23.5. The molecule has 2 aromatic carbocycles.